The van der Waals surface area contributed by atoms with Gasteiger partial charge in [0.25, 0.3) is 0 Å². The summed E-state index contributed by atoms with van der Waals surface area (Å²) in [5, 5.41) is 0.707. The van der Waals surface area contributed by atoms with Gasteiger partial charge in [0.15, 0.2) is 0 Å². The maximum Gasteiger partial charge on any atom is 0.234 e. The number of nitrogens with zero attached hydrogens (tertiary/aromatic N) is 2. The Labute approximate surface area is 147 Å². The minimum atomic E-state index is -0.280. The molecule has 2 N–H and O–H groups in total. The second-order valence-electron chi connectivity index (χ2n) is 7.17. The molecular formula is C18H24ClN3O2. The molecule has 6 heteroatoms. The summed E-state index contributed by atoms with van der Waals surface area (Å²) < 4.78 is 0. The second-order valence-corrected chi connectivity index (χ2v) is 7.60. The summed E-state index contributed by atoms with van der Waals surface area (Å²) >= 11 is 5.92. The molecule has 2 aliphatic rings. The molecule has 1 spiro atoms. The highest BCUT2D eigenvalue weighted by Crippen LogP contribution is 2.41. The number of hydrogen-bond acceptors (Lipinski definition) is 3. The van der Waals surface area contributed by atoms with Gasteiger partial charge < -0.3 is 10.6 Å². The van der Waals surface area contributed by atoms with Crippen LogP contribution in [0.2, 0.25) is 5.02 Å². The maximum absolute atomic E-state index is 12.5. The molecule has 0 unspecified atom stereocenters. The first-order chi connectivity index (χ1) is 11.4. The van der Waals surface area contributed by atoms with Gasteiger partial charge in [-0.2, -0.15) is 0 Å². The zero-order valence-corrected chi connectivity index (χ0v) is 14.8. The number of piperidine rings is 1. The molecule has 130 valence electrons. The van der Waals surface area contributed by atoms with Crippen molar-refractivity contribution in [3.8, 4) is 0 Å². The van der Waals surface area contributed by atoms with E-state index in [-0.39, 0.29) is 23.3 Å². The molecule has 2 heterocycles. The van der Waals surface area contributed by atoms with E-state index in [9.17, 15) is 9.59 Å². The van der Waals surface area contributed by atoms with Gasteiger partial charge in [0.1, 0.15) is 0 Å². The van der Waals surface area contributed by atoms with E-state index in [1.807, 2.05) is 36.1 Å². The lowest BCUT2D eigenvalue weighted by Gasteiger charge is -2.40. The van der Waals surface area contributed by atoms with Gasteiger partial charge in [0.05, 0.1) is 6.04 Å². The number of benzene rings is 1. The van der Waals surface area contributed by atoms with Crippen LogP contribution in [0, 0.1) is 5.41 Å². The van der Waals surface area contributed by atoms with Crippen LogP contribution in [-0.2, 0) is 16.1 Å². The molecule has 3 rings (SSSR count). The van der Waals surface area contributed by atoms with Gasteiger partial charge in [-0.15, -0.1) is 0 Å². The summed E-state index contributed by atoms with van der Waals surface area (Å²) in [5.41, 5.74) is 6.55. The normalized spacial score (nSPS) is 22.1. The minimum absolute atomic E-state index is 0.0530. The molecule has 5 nitrogen and oxygen atoms in total. The number of hydrogen-bond donors (Lipinski definition) is 1. The Kier molecular flexibility index (Phi) is 4.83. The Bertz CT molecular complexity index is 624. The van der Waals surface area contributed by atoms with Crippen LogP contribution in [0.3, 0.4) is 0 Å². The third-order valence-electron chi connectivity index (χ3n) is 5.51. The highest BCUT2D eigenvalue weighted by molar-refractivity contribution is 6.30. The van der Waals surface area contributed by atoms with Crippen LogP contribution in [0.5, 0.6) is 0 Å². The minimum Gasteiger partial charge on any atom is -0.368 e. The summed E-state index contributed by atoms with van der Waals surface area (Å²) in [6, 6.07) is 7.42. The number of primary amides is 1. The van der Waals surface area contributed by atoms with Gasteiger partial charge in [0.2, 0.25) is 11.8 Å². The zero-order valence-electron chi connectivity index (χ0n) is 14.0. The van der Waals surface area contributed by atoms with Crippen molar-refractivity contribution in [2.75, 3.05) is 19.6 Å². The summed E-state index contributed by atoms with van der Waals surface area (Å²) in [6.07, 6.45) is 2.49. The third-order valence-corrected chi connectivity index (χ3v) is 5.76. The van der Waals surface area contributed by atoms with Gasteiger partial charge in [-0.3, -0.25) is 14.5 Å². The van der Waals surface area contributed by atoms with Crippen LogP contribution in [0.4, 0.5) is 0 Å². The maximum atomic E-state index is 12.5. The summed E-state index contributed by atoms with van der Waals surface area (Å²) in [6.45, 7) is 4.94. The fourth-order valence-electron chi connectivity index (χ4n) is 3.84. The fourth-order valence-corrected chi connectivity index (χ4v) is 3.96. The highest BCUT2D eigenvalue weighted by atomic mass is 35.5. The van der Waals surface area contributed by atoms with E-state index in [0.717, 1.165) is 38.0 Å². The topological polar surface area (TPSA) is 66.6 Å². The molecule has 0 bridgehead atoms. The van der Waals surface area contributed by atoms with Crippen LogP contribution >= 0.6 is 11.6 Å². The highest BCUT2D eigenvalue weighted by Gasteiger charge is 2.45. The predicted molar refractivity (Wildman–Crippen MR) is 93.4 cm³/mol. The SMILES string of the molecule is C[C@H](C(N)=O)N1CCC2(CC1)CC(=O)N(Cc1ccc(Cl)cc1)C2. The van der Waals surface area contributed by atoms with Crippen molar-refractivity contribution in [1.29, 1.82) is 0 Å². The third kappa shape index (κ3) is 3.57. The molecule has 2 aliphatic heterocycles. The zero-order chi connectivity index (χ0) is 17.3. The summed E-state index contributed by atoms with van der Waals surface area (Å²) in [7, 11) is 0. The van der Waals surface area contributed by atoms with Crippen LogP contribution in [-0.4, -0.2) is 47.3 Å². The predicted octanol–water partition coefficient (Wildman–Crippen LogP) is 2.03. The first kappa shape index (κ1) is 17.2. The number of likely N-dealkylation sites (tertiary alicyclic amines) is 2. The molecule has 0 aromatic heterocycles. The average Bonchev–Trinajstić information content (AvgIpc) is 2.85. The smallest absolute Gasteiger partial charge is 0.234 e. The molecule has 1 atom stereocenters. The van der Waals surface area contributed by atoms with Crippen molar-refractivity contribution in [2.24, 2.45) is 11.1 Å². The van der Waals surface area contributed by atoms with Crippen molar-refractivity contribution >= 4 is 23.4 Å². The van der Waals surface area contributed by atoms with Crippen LogP contribution in [0.25, 0.3) is 0 Å². The van der Waals surface area contributed by atoms with Crippen LogP contribution in [0.1, 0.15) is 31.7 Å². The average molecular weight is 350 g/mol. The van der Waals surface area contributed by atoms with E-state index < -0.39 is 0 Å². The van der Waals surface area contributed by atoms with Gasteiger partial charge in [-0.25, -0.2) is 0 Å². The molecule has 1 aromatic carbocycles. The first-order valence-corrected chi connectivity index (χ1v) is 8.82. The number of carbonyl (C=O) groups excluding carboxylic acids is 2. The van der Waals surface area contributed by atoms with Gasteiger partial charge >= 0.3 is 0 Å². The lowest BCUT2D eigenvalue weighted by atomic mass is 9.77. The number of carbonyl (C=O) groups is 2. The first-order valence-electron chi connectivity index (χ1n) is 8.44. The van der Waals surface area contributed by atoms with Crippen molar-refractivity contribution in [2.45, 2.75) is 38.8 Å². The van der Waals surface area contributed by atoms with E-state index in [1.54, 1.807) is 0 Å². The molecule has 0 saturated carbocycles. The molecule has 0 radical (unpaired) electrons. The monoisotopic (exact) mass is 349 g/mol. The Hall–Kier alpha value is -1.59. The van der Waals surface area contributed by atoms with Crippen LogP contribution < -0.4 is 5.73 Å². The number of rotatable bonds is 4. The summed E-state index contributed by atoms with van der Waals surface area (Å²) in [5.74, 6) is -0.0563. The van der Waals surface area contributed by atoms with E-state index in [4.69, 9.17) is 17.3 Å². The molecule has 1 aromatic rings. The van der Waals surface area contributed by atoms with Crippen molar-refractivity contribution < 1.29 is 9.59 Å². The van der Waals surface area contributed by atoms with Crippen molar-refractivity contribution in [3.05, 3.63) is 34.9 Å². The molecular weight excluding hydrogens is 326 g/mol. The Morgan fingerprint density at radius 1 is 1.29 bits per heavy atom. The summed E-state index contributed by atoms with van der Waals surface area (Å²) in [4.78, 5) is 27.9. The van der Waals surface area contributed by atoms with Gasteiger partial charge in [0, 0.05) is 24.5 Å². The lowest BCUT2D eigenvalue weighted by Crippen LogP contribution is -2.49. The molecule has 2 fully saturated rings. The van der Waals surface area contributed by atoms with Crippen LogP contribution in [0.15, 0.2) is 24.3 Å². The molecule has 2 saturated heterocycles. The van der Waals surface area contributed by atoms with E-state index in [2.05, 4.69) is 4.90 Å². The molecule has 24 heavy (non-hydrogen) atoms. The Morgan fingerprint density at radius 3 is 2.50 bits per heavy atom. The number of nitrogens with two attached hydrogens (primary N) is 1. The Morgan fingerprint density at radius 2 is 1.92 bits per heavy atom. The second kappa shape index (κ2) is 6.73. The van der Waals surface area contributed by atoms with E-state index >= 15 is 0 Å². The largest absolute Gasteiger partial charge is 0.368 e. The van der Waals surface area contributed by atoms with Crippen molar-refractivity contribution in [3.63, 3.8) is 0 Å². The number of halogens is 1. The lowest BCUT2D eigenvalue weighted by molar-refractivity contribution is -0.128. The van der Waals surface area contributed by atoms with Crippen molar-refractivity contribution in [1.82, 2.24) is 9.80 Å². The Balaban J connectivity index is 1.60. The fraction of sp³-hybridized carbons (Fsp3) is 0.556. The standard InChI is InChI=1S/C18H24ClN3O2/c1-13(17(20)24)21-8-6-18(7-9-21)10-16(23)22(12-18)11-14-2-4-15(19)5-3-14/h2-5,13H,6-12H2,1H3,(H2,20,24)/t13-/m1/s1. The molecule has 0 aliphatic carbocycles. The van der Waals surface area contributed by atoms with Gasteiger partial charge in [-0.05, 0) is 56.0 Å². The quantitative estimate of drug-likeness (QED) is 0.904. The number of amides is 2. The van der Waals surface area contributed by atoms with E-state index in [1.165, 1.54) is 0 Å². The van der Waals surface area contributed by atoms with E-state index in [0.29, 0.717) is 18.0 Å². The van der Waals surface area contributed by atoms with Gasteiger partial charge in [-0.1, -0.05) is 23.7 Å². The molecule has 2 amide bonds.